The molecule has 0 spiro atoms. The summed E-state index contributed by atoms with van der Waals surface area (Å²) in [5, 5.41) is 3.11. The molecule has 3 heteroatoms. The van der Waals surface area contributed by atoms with Crippen molar-refractivity contribution in [3.05, 3.63) is 29.3 Å². The smallest absolute Gasteiger partial charge is 0.211 e. The lowest BCUT2D eigenvalue weighted by Crippen LogP contribution is -2.02. The van der Waals surface area contributed by atoms with Crippen LogP contribution in [0.2, 0.25) is 0 Å². The normalized spacial score (nSPS) is 12.2. The second-order valence-electron chi connectivity index (χ2n) is 3.81. The number of anilines is 1. The summed E-state index contributed by atoms with van der Waals surface area (Å²) < 4.78 is 0. The Kier molecular flexibility index (Phi) is 4.69. The summed E-state index contributed by atoms with van der Waals surface area (Å²) >= 11 is 4.35. The minimum Gasteiger partial charge on any atom is -0.328 e. The molecule has 1 aromatic carbocycles. The monoisotopic (exact) mass is 223 g/mol. The molecule has 0 aliphatic rings. The number of benzene rings is 1. The van der Waals surface area contributed by atoms with E-state index in [1.165, 1.54) is 11.1 Å². The average molecular weight is 223 g/mol. The van der Waals surface area contributed by atoms with Gasteiger partial charge in [0.25, 0.3) is 0 Å². The van der Waals surface area contributed by atoms with Gasteiger partial charge in [-0.1, -0.05) is 24.6 Å². The van der Waals surface area contributed by atoms with Crippen molar-refractivity contribution >= 4 is 24.7 Å². The van der Waals surface area contributed by atoms with Crippen LogP contribution < -0.4 is 5.32 Å². The molecule has 0 saturated carbocycles. The third-order valence-electron chi connectivity index (χ3n) is 2.31. The average Bonchev–Trinajstić information content (AvgIpc) is 2.18. The summed E-state index contributed by atoms with van der Waals surface area (Å²) in [6, 6.07) is 6.06. The third-order valence-corrected chi connectivity index (χ3v) is 2.56. The maximum Gasteiger partial charge on any atom is 0.211 e. The van der Waals surface area contributed by atoms with Gasteiger partial charge in [0, 0.05) is 5.69 Å². The molecule has 0 radical (unpaired) electrons. The minimum atomic E-state index is 0.384. The number of nitrogens with one attached hydrogen (secondary N) is 1. The molecule has 15 heavy (non-hydrogen) atoms. The number of hydrogen-bond acceptors (Lipinski definition) is 2. The predicted octanol–water partition coefficient (Wildman–Crippen LogP) is 2.81. The lowest BCUT2D eigenvalue weighted by Gasteiger charge is -2.10. The number of thiol groups is 1. The van der Waals surface area contributed by atoms with E-state index in [2.05, 4.69) is 37.9 Å². The second kappa shape index (κ2) is 5.81. The van der Waals surface area contributed by atoms with Crippen LogP contribution in [0, 0.1) is 6.92 Å². The van der Waals surface area contributed by atoms with Gasteiger partial charge in [0.1, 0.15) is 0 Å². The highest BCUT2D eigenvalue weighted by Crippen LogP contribution is 2.19. The van der Waals surface area contributed by atoms with Crippen molar-refractivity contribution in [2.24, 2.45) is 0 Å². The van der Waals surface area contributed by atoms with Crippen LogP contribution in [-0.2, 0) is 11.2 Å². The van der Waals surface area contributed by atoms with Gasteiger partial charge in [-0.2, -0.15) is 12.6 Å². The zero-order chi connectivity index (χ0) is 11.3. The van der Waals surface area contributed by atoms with Crippen molar-refractivity contribution in [2.45, 2.75) is 31.9 Å². The van der Waals surface area contributed by atoms with E-state index in [4.69, 9.17) is 0 Å². The molecule has 0 fully saturated rings. The second-order valence-corrected chi connectivity index (χ2v) is 4.69. The molecular weight excluding hydrogens is 206 g/mol. The van der Waals surface area contributed by atoms with Crippen LogP contribution in [-0.4, -0.2) is 11.7 Å². The Morgan fingerprint density at radius 2 is 2.27 bits per heavy atom. The summed E-state index contributed by atoms with van der Waals surface area (Å²) in [5.74, 6) is 0. The highest BCUT2D eigenvalue weighted by atomic mass is 32.1. The maximum atomic E-state index is 10.4. The van der Waals surface area contributed by atoms with E-state index in [0.29, 0.717) is 5.25 Å². The van der Waals surface area contributed by atoms with Crippen LogP contribution in [0.3, 0.4) is 0 Å². The molecule has 2 nitrogen and oxygen atoms in total. The highest BCUT2D eigenvalue weighted by molar-refractivity contribution is 7.80. The van der Waals surface area contributed by atoms with E-state index < -0.39 is 0 Å². The Bertz CT molecular complexity index is 336. The van der Waals surface area contributed by atoms with E-state index in [1.54, 1.807) is 0 Å². The summed E-state index contributed by atoms with van der Waals surface area (Å²) in [7, 11) is 0. The lowest BCUT2D eigenvalue weighted by atomic mass is 10.0. The summed E-state index contributed by atoms with van der Waals surface area (Å²) in [6.45, 7) is 4.13. The Hall–Kier alpha value is -0.960. The van der Waals surface area contributed by atoms with E-state index >= 15 is 0 Å². The van der Waals surface area contributed by atoms with Crippen LogP contribution in [0.15, 0.2) is 18.2 Å². The van der Waals surface area contributed by atoms with Crippen LogP contribution in [0.5, 0.6) is 0 Å². The number of carbonyl (C=O) groups excluding carboxylic acids is 1. The fourth-order valence-corrected chi connectivity index (χ4v) is 1.63. The van der Waals surface area contributed by atoms with Crippen molar-refractivity contribution in [3.63, 3.8) is 0 Å². The van der Waals surface area contributed by atoms with Gasteiger partial charge in [-0.3, -0.25) is 4.79 Å². The Morgan fingerprint density at radius 1 is 1.53 bits per heavy atom. The van der Waals surface area contributed by atoms with Gasteiger partial charge in [-0.15, -0.1) is 0 Å². The quantitative estimate of drug-likeness (QED) is 0.583. The zero-order valence-corrected chi connectivity index (χ0v) is 10.1. The molecule has 0 bridgehead atoms. The van der Waals surface area contributed by atoms with Gasteiger partial charge < -0.3 is 5.32 Å². The highest BCUT2D eigenvalue weighted by Gasteiger charge is 2.03. The zero-order valence-electron chi connectivity index (χ0n) is 9.16. The van der Waals surface area contributed by atoms with Gasteiger partial charge in [0.15, 0.2) is 0 Å². The van der Waals surface area contributed by atoms with Crippen molar-refractivity contribution in [3.8, 4) is 0 Å². The number of rotatable bonds is 5. The van der Waals surface area contributed by atoms with Gasteiger partial charge in [-0.25, -0.2) is 0 Å². The first-order chi connectivity index (χ1) is 7.13. The molecule has 1 aromatic rings. The maximum absolute atomic E-state index is 10.4. The first-order valence-electron chi connectivity index (χ1n) is 5.11. The molecule has 1 unspecified atom stereocenters. The van der Waals surface area contributed by atoms with Gasteiger partial charge in [0.05, 0.1) is 0 Å². The van der Waals surface area contributed by atoms with E-state index in [1.807, 2.05) is 12.1 Å². The Labute approximate surface area is 96.5 Å². The molecule has 0 aromatic heterocycles. The van der Waals surface area contributed by atoms with Crippen molar-refractivity contribution in [2.75, 3.05) is 5.32 Å². The molecular formula is C12H17NOS. The van der Waals surface area contributed by atoms with Gasteiger partial charge in [-0.05, 0) is 36.6 Å². The molecule has 1 atom stereocenters. The topological polar surface area (TPSA) is 29.1 Å². The summed E-state index contributed by atoms with van der Waals surface area (Å²) in [6.07, 6.45) is 2.68. The molecule has 82 valence electrons. The third kappa shape index (κ3) is 3.96. The molecule has 1 rings (SSSR count). The molecule has 1 amide bonds. The van der Waals surface area contributed by atoms with E-state index in [0.717, 1.165) is 24.9 Å². The predicted molar refractivity (Wildman–Crippen MR) is 67.6 cm³/mol. The molecule has 0 aliphatic heterocycles. The fraction of sp³-hybridized carbons (Fsp3) is 0.417. The Morgan fingerprint density at radius 3 is 2.87 bits per heavy atom. The molecule has 1 N–H and O–H groups in total. The van der Waals surface area contributed by atoms with Crippen LogP contribution in [0.25, 0.3) is 0 Å². The first-order valence-corrected chi connectivity index (χ1v) is 5.63. The van der Waals surface area contributed by atoms with Crippen LogP contribution in [0.4, 0.5) is 5.69 Å². The SMILES string of the molecule is Cc1ccc(NC=O)c(CCC(C)S)c1. The number of aryl methyl sites for hydroxylation is 2. The Balaban J connectivity index is 2.81. The first kappa shape index (κ1) is 12.1. The van der Waals surface area contributed by atoms with Crippen LogP contribution >= 0.6 is 12.6 Å². The standard InChI is InChI=1S/C12H17NOS/c1-9-3-6-12(13-8-14)11(7-9)5-4-10(2)15/h3,6-8,10,15H,4-5H2,1-2H3,(H,13,14). The van der Waals surface area contributed by atoms with Gasteiger partial charge >= 0.3 is 0 Å². The number of carbonyl (C=O) groups is 1. The van der Waals surface area contributed by atoms with Crippen molar-refractivity contribution in [1.82, 2.24) is 0 Å². The lowest BCUT2D eigenvalue weighted by molar-refractivity contribution is -0.105. The van der Waals surface area contributed by atoms with Crippen molar-refractivity contribution in [1.29, 1.82) is 0 Å². The van der Waals surface area contributed by atoms with E-state index in [-0.39, 0.29) is 0 Å². The summed E-state index contributed by atoms with van der Waals surface area (Å²) in [4.78, 5) is 10.4. The minimum absolute atomic E-state index is 0.384. The number of hydrogen-bond donors (Lipinski definition) is 2. The fourth-order valence-electron chi connectivity index (χ4n) is 1.50. The molecule has 0 heterocycles. The van der Waals surface area contributed by atoms with E-state index in [9.17, 15) is 4.79 Å². The van der Waals surface area contributed by atoms with Gasteiger partial charge in [0.2, 0.25) is 6.41 Å². The molecule has 0 saturated heterocycles. The van der Waals surface area contributed by atoms with Crippen molar-refractivity contribution < 1.29 is 4.79 Å². The largest absolute Gasteiger partial charge is 0.328 e. The molecule has 0 aliphatic carbocycles. The number of amides is 1. The summed E-state index contributed by atoms with van der Waals surface area (Å²) in [5.41, 5.74) is 3.31. The van der Waals surface area contributed by atoms with Crippen LogP contribution in [0.1, 0.15) is 24.5 Å².